The summed E-state index contributed by atoms with van der Waals surface area (Å²) in [4.78, 5) is 11.8. The number of Topliss-reactive ketones (excluding diaryl/α,β-unsaturated/α-hetero) is 1. The van der Waals surface area contributed by atoms with E-state index in [1.165, 1.54) is 19.3 Å². The molecule has 1 unspecified atom stereocenters. The predicted octanol–water partition coefficient (Wildman–Crippen LogP) is 4.31. The van der Waals surface area contributed by atoms with Gasteiger partial charge < -0.3 is 0 Å². The standard InChI is InChI=1S/C14H26ClNO/c1-5-6-7-8-9-14(4)11-12(17)10-13(2,3)16(14)15/h5-11H2,1-4H3. The molecule has 1 fully saturated rings. The molecule has 1 atom stereocenters. The Balaban J connectivity index is 2.61. The van der Waals surface area contributed by atoms with Crippen LogP contribution in [0.4, 0.5) is 0 Å². The molecule has 3 heteroatoms. The van der Waals surface area contributed by atoms with E-state index in [2.05, 4.69) is 27.7 Å². The Morgan fingerprint density at radius 2 is 1.82 bits per heavy atom. The van der Waals surface area contributed by atoms with Gasteiger partial charge >= 0.3 is 0 Å². The minimum absolute atomic E-state index is 0.159. The van der Waals surface area contributed by atoms with Crippen LogP contribution in [0.25, 0.3) is 0 Å². The summed E-state index contributed by atoms with van der Waals surface area (Å²) in [5.41, 5.74) is -0.371. The van der Waals surface area contributed by atoms with Crippen LogP contribution in [0.2, 0.25) is 0 Å². The van der Waals surface area contributed by atoms with Gasteiger partial charge in [0.2, 0.25) is 0 Å². The summed E-state index contributed by atoms with van der Waals surface area (Å²) in [7, 11) is 0. The zero-order chi connectivity index (χ0) is 13.1. The highest BCUT2D eigenvalue weighted by atomic mass is 35.5. The summed E-state index contributed by atoms with van der Waals surface area (Å²) in [5.74, 6) is 0.352. The molecule has 1 aliphatic heterocycles. The van der Waals surface area contributed by atoms with Crippen molar-refractivity contribution < 1.29 is 4.79 Å². The largest absolute Gasteiger partial charge is 0.300 e. The number of halogens is 1. The lowest BCUT2D eigenvalue weighted by atomic mass is 9.78. The molecule has 17 heavy (non-hydrogen) atoms. The van der Waals surface area contributed by atoms with Gasteiger partial charge in [-0.15, -0.1) is 0 Å². The predicted molar refractivity (Wildman–Crippen MR) is 73.2 cm³/mol. The first kappa shape index (κ1) is 15.0. The maximum Gasteiger partial charge on any atom is 0.136 e. The SMILES string of the molecule is CCCCCCC1(C)CC(=O)CC(C)(C)N1Cl. The molecule has 0 spiro atoms. The molecule has 2 nitrogen and oxygen atoms in total. The molecule has 1 aliphatic rings. The van der Waals surface area contributed by atoms with Gasteiger partial charge in [-0.05, 0) is 39.0 Å². The summed E-state index contributed by atoms with van der Waals surface area (Å²) < 4.78 is 1.91. The molecule has 0 radical (unpaired) electrons. The molecule has 0 aliphatic carbocycles. The summed E-state index contributed by atoms with van der Waals surface area (Å²) in [6.45, 7) is 8.45. The van der Waals surface area contributed by atoms with E-state index in [9.17, 15) is 4.79 Å². The average molecular weight is 260 g/mol. The van der Waals surface area contributed by atoms with Crippen LogP contribution in [-0.4, -0.2) is 21.3 Å². The Labute approximate surface area is 111 Å². The molecular weight excluding hydrogens is 234 g/mol. The number of carbonyl (C=O) groups excluding carboxylic acids is 1. The van der Waals surface area contributed by atoms with Gasteiger partial charge in [-0.25, -0.2) is 4.42 Å². The van der Waals surface area contributed by atoms with E-state index in [-0.39, 0.29) is 11.1 Å². The van der Waals surface area contributed by atoms with Crippen LogP contribution >= 0.6 is 11.8 Å². The van der Waals surface area contributed by atoms with Crippen molar-refractivity contribution in [2.75, 3.05) is 0 Å². The Morgan fingerprint density at radius 1 is 1.18 bits per heavy atom. The fraction of sp³-hybridized carbons (Fsp3) is 0.929. The second-order valence-electron chi connectivity index (χ2n) is 6.29. The van der Waals surface area contributed by atoms with E-state index in [1.807, 2.05) is 4.42 Å². The summed E-state index contributed by atoms with van der Waals surface area (Å²) in [5, 5.41) is 0. The van der Waals surface area contributed by atoms with Crippen molar-refractivity contribution in [3.8, 4) is 0 Å². The number of hydrogen-bond donors (Lipinski definition) is 0. The minimum atomic E-state index is -0.212. The average Bonchev–Trinajstić information content (AvgIpc) is 2.20. The number of piperidine rings is 1. The first-order valence-corrected chi connectivity index (χ1v) is 7.13. The van der Waals surface area contributed by atoms with Crippen molar-refractivity contribution in [3.05, 3.63) is 0 Å². The van der Waals surface area contributed by atoms with E-state index in [4.69, 9.17) is 11.8 Å². The topological polar surface area (TPSA) is 20.3 Å². The second kappa shape index (κ2) is 5.71. The van der Waals surface area contributed by atoms with Crippen LogP contribution in [0.1, 0.15) is 72.6 Å². The van der Waals surface area contributed by atoms with E-state index in [0.29, 0.717) is 18.6 Å². The van der Waals surface area contributed by atoms with Crippen LogP contribution in [0.5, 0.6) is 0 Å². The third-order valence-corrected chi connectivity index (χ3v) is 4.65. The van der Waals surface area contributed by atoms with Gasteiger partial charge in [-0.2, -0.15) is 0 Å². The van der Waals surface area contributed by atoms with Crippen LogP contribution in [-0.2, 0) is 4.79 Å². The molecule has 1 saturated heterocycles. The van der Waals surface area contributed by atoms with Gasteiger partial charge in [0.05, 0.1) is 0 Å². The van der Waals surface area contributed by atoms with Gasteiger partial charge in [0.25, 0.3) is 0 Å². The molecular formula is C14H26ClNO. The third kappa shape index (κ3) is 3.69. The Morgan fingerprint density at radius 3 is 2.41 bits per heavy atom. The Bertz CT molecular complexity index is 277. The summed E-state index contributed by atoms with van der Waals surface area (Å²) in [6.07, 6.45) is 7.11. The maximum absolute atomic E-state index is 11.8. The fourth-order valence-corrected chi connectivity index (χ4v) is 3.16. The zero-order valence-electron chi connectivity index (χ0n) is 11.7. The molecule has 1 rings (SSSR count). The molecule has 0 amide bonds. The molecule has 0 aromatic heterocycles. The van der Waals surface area contributed by atoms with Gasteiger partial charge in [0, 0.05) is 23.9 Å². The number of hydrogen-bond acceptors (Lipinski definition) is 2. The van der Waals surface area contributed by atoms with Crippen molar-refractivity contribution in [2.45, 2.75) is 83.7 Å². The second-order valence-corrected chi connectivity index (χ2v) is 6.63. The van der Waals surface area contributed by atoms with Crippen molar-refractivity contribution >= 4 is 17.6 Å². The number of ketones is 1. The van der Waals surface area contributed by atoms with E-state index >= 15 is 0 Å². The quantitative estimate of drug-likeness (QED) is 0.542. The van der Waals surface area contributed by atoms with Crippen LogP contribution < -0.4 is 0 Å². The van der Waals surface area contributed by atoms with Crippen molar-refractivity contribution in [3.63, 3.8) is 0 Å². The Kier molecular flexibility index (Phi) is 5.03. The Hall–Kier alpha value is -0.0800. The highest BCUT2D eigenvalue weighted by Crippen LogP contribution is 2.41. The molecule has 0 N–H and O–H groups in total. The van der Waals surface area contributed by atoms with E-state index < -0.39 is 0 Å². The van der Waals surface area contributed by atoms with Crippen molar-refractivity contribution in [1.82, 2.24) is 4.42 Å². The number of rotatable bonds is 5. The molecule has 0 aromatic rings. The maximum atomic E-state index is 11.8. The fourth-order valence-electron chi connectivity index (χ4n) is 2.96. The van der Waals surface area contributed by atoms with E-state index in [1.54, 1.807) is 0 Å². The van der Waals surface area contributed by atoms with Crippen LogP contribution in [0, 0.1) is 0 Å². The highest BCUT2D eigenvalue weighted by Gasteiger charge is 2.46. The van der Waals surface area contributed by atoms with Gasteiger partial charge in [0.15, 0.2) is 0 Å². The molecule has 0 bridgehead atoms. The van der Waals surface area contributed by atoms with Crippen molar-refractivity contribution in [2.24, 2.45) is 0 Å². The lowest BCUT2D eigenvalue weighted by Gasteiger charge is -2.49. The monoisotopic (exact) mass is 259 g/mol. The number of carbonyl (C=O) groups is 1. The lowest BCUT2D eigenvalue weighted by Crippen LogP contribution is -2.57. The van der Waals surface area contributed by atoms with Crippen LogP contribution in [0.15, 0.2) is 0 Å². The zero-order valence-corrected chi connectivity index (χ0v) is 12.4. The normalized spacial score (nSPS) is 29.6. The van der Waals surface area contributed by atoms with Gasteiger partial charge in [-0.3, -0.25) is 4.79 Å². The first-order valence-electron chi connectivity index (χ1n) is 6.80. The number of nitrogens with zero attached hydrogens (tertiary/aromatic N) is 1. The minimum Gasteiger partial charge on any atom is -0.300 e. The van der Waals surface area contributed by atoms with E-state index in [0.717, 1.165) is 12.8 Å². The van der Waals surface area contributed by atoms with Gasteiger partial charge in [-0.1, -0.05) is 32.6 Å². The van der Waals surface area contributed by atoms with Crippen LogP contribution in [0.3, 0.4) is 0 Å². The summed E-state index contributed by atoms with van der Waals surface area (Å²) >= 11 is 6.47. The highest BCUT2D eigenvalue weighted by molar-refractivity contribution is 6.15. The molecule has 1 heterocycles. The third-order valence-electron chi connectivity index (χ3n) is 3.78. The van der Waals surface area contributed by atoms with Crippen molar-refractivity contribution in [1.29, 1.82) is 0 Å². The number of unbranched alkanes of at least 4 members (excludes halogenated alkanes) is 3. The first-order chi connectivity index (χ1) is 7.82. The molecule has 0 saturated carbocycles. The van der Waals surface area contributed by atoms with Gasteiger partial charge in [0.1, 0.15) is 5.78 Å². The lowest BCUT2D eigenvalue weighted by molar-refractivity contribution is -0.129. The smallest absolute Gasteiger partial charge is 0.136 e. The molecule has 0 aromatic carbocycles. The molecule has 100 valence electrons. The summed E-state index contributed by atoms with van der Waals surface area (Å²) in [6, 6.07) is 0.